The zero-order chi connectivity index (χ0) is 20.0. The second kappa shape index (κ2) is 9.19. The molecule has 144 valence electrons. The van der Waals surface area contributed by atoms with Gasteiger partial charge < -0.3 is 14.8 Å². The largest absolute Gasteiger partial charge is 0.497 e. The summed E-state index contributed by atoms with van der Waals surface area (Å²) in [7, 11) is 5.09. The SMILES string of the molecule is COc1ccc(CN(C)[C@H](C)C(=O)Nc2cccc(C(C)=O)c2)c(OC)c1. The van der Waals surface area contributed by atoms with Crippen molar-refractivity contribution in [3.63, 3.8) is 0 Å². The molecule has 0 bridgehead atoms. The van der Waals surface area contributed by atoms with E-state index >= 15 is 0 Å². The quantitative estimate of drug-likeness (QED) is 0.722. The molecule has 0 radical (unpaired) electrons. The second-order valence-corrected chi connectivity index (χ2v) is 6.40. The van der Waals surface area contributed by atoms with Crippen LogP contribution in [0.3, 0.4) is 0 Å². The normalized spacial score (nSPS) is 11.8. The van der Waals surface area contributed by atoms with Gasteiger partial charge in [-0.15, -0.1) is 0 Å². The Morgan fingerprint density at radius 1 is 1.11 bits per heavy atom. The molecule has 0 fully saturated rings. The minimum absolute atomic E-state index is 0.0390. The molecule has 0 aliphatic heterocycles. The van der Waals surface area contributed by atoms with E-state index in [9.17, 15) is 9.59 Å². The Labute approximate surface area is 160 Å². The Balaban J connectivity index is 2.06. The van der Waals surface area contributed by atoms with Crippen molar-refractivity contribution in [1.82, 2.24) is 4.90 Å². The maximum atomic E-state index is 12.6. The van der Waals surface area contributed by atoms with Gasteiger partial charge >= 0.3 is 0 Å². The molecule has 1 amide bonds. The number of ether oxygens (including phenoxy) is 2. The molecule has 1 atom stereocenters. The first kappa shape index (κ1) is 20.5. The lowest BCUT2D eigenvalue weighted by atomic mass is 10.1. The van der Waals surface area contributed by atoms with Crippen LogP contribution in [0.15, 0.2) is 42.5 Å². The summed E-state index contributed by atoms with van der Waals surface area (Å²) < 4.78 is 10.6. The van der Waals surface area contributed by atoms with Gasteiger partial charge in [0.15, 0.2) is 5.78 Å². The summed E-state index contributed by atoms with van der Waals surface area (Å²) in [6.45, 7) is 3.87. The lowest BCUT2D eigenvalue weighted by molar-refractivity contribution is -0.120. The highest BCUT2D eigenvalue weighted by atomic mass is 16.5. The number of nitrogens with zero attached hydrogens (tertiary/aromatic N) is 1. The van der Waals surface area contributed by atoms with Crippen LogP contribution in [0.25, 0.3) is 0 Å². The molecule has 0 unspecified atom stereocenters. The highest BCUT2D eigenvalue weighted by molar-refractivity contribution is 5.98. The number of hydrogen-bond acceptors (Lipinski definition) is 5. The van der Waals surface area contributed by atoms with Crippen LogP contribution in [0.1, 0.15) is 29.8 Å². The summed E-state index contributed by atoms with van der Waals surface area (Å²) in [4.78, 5) is 26.0. The lowest BCUT2D eigenvalue weighted by Gasteiger charge is -2.25. The van der Waals surface area contributed by atoms with E-state index in [1.807, 2.05) is 37.1 Å². The van der Waals surface area contributed by atoms with Crippen LogP contribution in [0, 0.1) is 0 Å². The molecule has 0 spiro atoms. The van der Waals surface area contributed by atoms with Crippen molar-refractivity contribution in [2.45, 2.75) is 26.4 Å². The molecular weight excluding hydrogens is 344 g/mol. The maximum Gasteiger partial charge on any atom is 0.241 e. The number of methoxy groups -OCH3 is 2. The highest BCUT2D eigenvalue weighted by Gasteiger charge is 2.20. The fourth-order valence-electron chi connectivity index (χ4n) is 2.65. The third kappa shape index (κ3) is 5.31. The number of ketones is 1. The summed E-state index contributed by atoms with van der Waals surface area (Å²) in [5.74, 6) is 1.24. The maximum absolute atomic E-state index is 12.6. The molecule has 0 heterocycles. The summed E-state index contributed by atoms with van der Waals surface area (Å²) in [5.41, 5.74) is 2.13. The van der Waals surface area contributed by atoms with Gasteiger partial charge in [0.25, 0.3) is 0 Å². The van der Waals surface area contributed by atoms with Crippen LogP contribution in [-0.4, -0.2) is 43.9 Å². The molecule has 0 aliphatic rings. The molecule has 1 N–H and O–H groups in total. The molecule has 6 heteroatoms. The Kier molecular flexibility index (Phi) is 6.96. The third-order valence-corrected chi connectivity index (χ3v) is 4.49. The Bertz CT molecular complexity index is 820. The van der Waals surface area contributed by atoms with Crippen molar-refractivity contribution in [3.8, 4) is 11.5 Å². The van der Waals surface area contributed by atoms with Gasteiger partial charge in [0.05, 0.1) is 20.3 Å². The minimum atomic E-state index is -0.377. The standard InChI is InChI=1S/C21H26N2O4/c1-14(21(25)22-18-8-6-7-16(11-18)15(2)24)23(3)13-17-9-10-19(26-4)12-20(17)27-5/h6-12,14H,13H2,1-5H3,(H,22,25)/t14-/m1/s1. The number of benzene rings is 2. The van der Waals surface area contributed by atoms with Gasteiger partial charge in [-0.3, -0.25) is 14.5 Å². The smallest absolute Gasteiger partial charge is 0.241 e. The summed E-state index contributed by atoms with van der Waals surface area (Å²) in [6, 6.07) is 12.2. The van der Waals surface area contributed by atoms with Crippen molar-refractivity contribution < 1.29 is 19.1 Å². The Morgan fingerprint density at radius 2 is 1.85 bits per heavy atom. The van der Waals surface area contributed by atoms with Crippen LogP contribution in [0.4, 0.5) is 5.69 Å². The topological polar surface area (TPSA) is 67.9 Å². The number of anilines is 1. The number of rotatable bonds is 8. The predicted octanol–water partition coefficient (Wildman–Crippen LogP) is 3.37. The minimum Gasteiger partial charge on any atom is -0.497 e. The molecule has 27 heavy (non-hydrogen) atoms. The van der Waals surface area contributed by atoms with E-state index in [0.29, 0.717) is 23.5 Å². The average molecular weight is 370 g/mol. The fourth-order valence-corrected chi connectivity index (χ4v) is 2.65. The number of Topliss-reactive ketones (excluding diaryl/α,β-unsaturated/α-hetero) is 1. The zero-order valence-electron chi connectivity index (χ0n) is 16.4. The molecule has 0 saturated carbocycles. The van der Waals surface area contributed by atoms with Gasteiger partial charge in [-0.1, -0.05) is 18.2 Å². The first-order chi connectivity index (χ1) is 12.8. The first-order valence-electron chi connectivity index (χ1n) is 8.68. The van der Waals surface area contributed by atoms with Crippen molar-refractivity contribution in [1.29, 1.82) is 0 Å². The number of hydrogen-bond donors (Lipinski definition) is 1. The van der Waals surface area contributed by atoms with E-state index < -0.39 is 0 Å². The van der Waals surface area contributed by atoms with Crippen LogP contribution < -0.4 is 14.8 Å². The van der Waals surface area contributed by atoms with Gasteiger partial charge in [-0.25, -0.2) is 0 Å². The number of carbonyl (C=O) groups excluding carboxylic acids is 2. The summed E-state index contributed by atoms with van der Waals surface area (Å²) >= 11 is 0. The van der Waals surface area contributed by atoms with Crippen molar-refractivity contribution in [2.75, 3.05) is 26.6 Å². The number of nitrogens with one attached hydrogen (secondary N) is 1. The third-order valence-electron chi connectivity index (χ3n) is 4.49. The average Bonchev–Trinajstić information content (AvgIpc) is 2.67. The van der Waals surface area contributed by atoms with Crippen molar-refractivity contribution in [2.24, 2.45) is 0 Å². The number of carbonyl (C=O) groups is 2. The van der Waals surface area contributed by atoms with Crippen LogP contribution in [-0.2, 0) is 11.3 Å². The van der Waals surface area contributed by atoms with E-state index in [1.165, 1.54) is 6.92 Å². The Hall–Kier alpha value is -2.86. The van der Waals surface area contributed by atoms with Crippen molar-refractivity contribution >= 4 is 17.4 Å². The Morgan fingerprint density at radius 3 is 2.48 bits per heavy atom. The van der Waals surface area contributed by atoms with E-state index in [4.69, 9.17) is 9.47 Å². The molecule has 0 saturated heterocycles. The lowest BCUT2D eigenvalue weighted by Crippen LogP contribution is -2.39. The molecule has 2 aromatic rings. The number of likely N-dealkylation sites (N-methyl/N-ethyl adjacent to an activating group) is 1. The second-order valence-electron chi connectivity index (χ2n) is 6.40. The monoisotopic (exact) mass is 370 g/mol. The van der Waals surface area contributed by atoms with E-state index in [0.717, 1.165) is 11.3 Å². The van der Waals surface area contributed by atoms with E-state index in [2.05, 4.69) is 5.32 Å². The zero-order valence-corrected chi connectivity index (χ0v) is 16.4. The molecule has 2 rings (SSSR count). The summed E-state index contributed by atoms with van der Waals surface area (Å²) in [6.07, 6.45) is 0. The predicted molar refractivity (Wildman–Crippen MR) is 106 cm³/mol. The fraction of sp³-hybridized carbons (Fsp3) is 0.333. The van der Waals surface area contributed by atoms with E-state index in [-0.39, 0.29) is 17.7 Å². The first-order valence-corrected chi connectivity index (χ1v) is 8.68. The molecule has 0 aromatic heterocycles. The van der Waals surface area contributed by atoms with Gasteiger partial charge in [0, 0.05) is 29.4 Å². The van der Waals surface area contributed by atoms with Gasteiger partial charge in [0.2, 0.25) is 5.91 Å². The van der Waals surface area contributed by atoms with Crippen LogP contribution in [0.2, 0.25) is 0 Å². The van der Waals surface area contributed by atoms with Gasteiger partial charge in [-0.2, -0.15) is 0 Å². The summed E-state index contributed by atoms with van der Waals surface area (Å²) in [5, 5.41) is 2.87. The highest BCUT2D eigenvalue weighted by Crippen LogP contribution is 2.26. The van der Waals surface area contributed by atoms with Crippen LogP contribution >= 0.6 is 0 Å². The van der Waals surface area contributed by atoms with Crippen molar-refractivity contribution in [3.05, 3.63) is 53.6 Å². The van der Waals surface area contributed by atoms with Crippen LogP contribution in [0.5, 0.6) is 11.5 Å². The number of amides is 1. The van der Waals surface area contributed by atoms with E-state index in [1.54, 1.807) is 38.5 Å². The van der Waals surface area contributed by atoms with Gasteiger partial charge in [-0.05, 0) is 39.1 Å². The molecule has 6 nitrogen and oxygen atoms in total. The molecule has 2 aromatic carbocycles. The molecule has 0 aliphatic carbocycles. The molecular formula is C21H26N2O4. The van der Waals surface area contributed by atoms with Gasteiger partial charge in [0.1, 0.15) is 11.5 Å².